The fourth-order valence-electron chi connectivity index (χ4n) is 3.68. The van der Waals surface area contributed by atoms with E-state index < -0.39 is 0 Å². The fourth-order valence-corrected chi connectivity index (χ4v) is 4.44. The van der Waals surface area contributed by atoms with Crippen LogP contribution < -0.4 is 20.7 Å². The van der Waals surface area contributed by atoms with E-state index in [0.29, 0.717) is 40.8 Å². The molecule has 1 saturated heterocycles. The summed E-state index contributed by atoms with van der Waals surface area (Å²) in [5.74, 6) is 2.56. The first-order chi connectivity index (χ1) is 16.0. The number of ether oxygens (including phenoxy) is 1. The van der Waals surface area contributed by atoms with E-state index in [1.165, 1.54) is 11.8 Å². The number of hydrogen-bond acceptors (Lipinski definition) is 9. The van der Waals surface area contributed by atoms with Crippen LogP contribution in [0.2, 0.25) is 0 Å². The number of H-pyrrole nitrogens is 1. The van der Waals surface area contributed by atoms with Crippen LogP contribution in [0.5, 0.6) is 5.75 Å². The number of aromatic nitrogens is 4. The quantitative estimate of drug-likeness (QED) is 0.349. The Morgan fingerprint density at radius 1 is 1.18 bits per heavy atom. The smallest absolute Gasteiger partial charge is 0.204 e. The number of ketones is 1. The number of anilines is 3. The summed E-state index contributed by atoms with van der Waals surface area (Å²) in [6.07, 6.45) is 2.45. The zero-order valence-corrected chi connectivity index (χ0v) is 19.9. The summed E-state index contributed by atoms with van der Waals surface area (Å²) in [5.41, 5.74) is 1.94. The van der Waals surface area contributed by atoms with Crippen LogP contribution in [-0.2, 0) is 11.2 Å². The van der Waals surface area contributed by atoms with Crippen LogP contribution in [0.25, 0.3) is 0 Å². The molecule has 0 aliphatic carbocycles. The third-order valence-corrected chi connectivity index (χ3v) is 6.14. The maximum atomic E-state index is 11.4. The number of piperidine rings is 1. The van der Waals surface area contributed by atoms with Crippen molar-refractivity contribution < 1.29 is 9.53 Å². The summed E-state index contributed by atoms with van der Waals surface area (Å²) in [6, 6.07) is 10.1. The molecule has 1 aliphatic heterocycles. The minimum Gasteiger partial charge on any atom is -0.490 e. The van der Waals surface area contributed by atoms with Crippen molar-refractivity contribution in [3.8, 4) is 5.75 Å². The maximum absolute atomic E-state index is 11.4. The number of rotatable bonds is 9. The van der Waals surface area contributed by atoms with E-state index in [4.69, 9.17) is 14.7 Å². The van der Waals surface area contributed by atoms with Gasteiger partial charge < -0.3 is 20.7 Å². The van der Waals surface area contributed by atoms with Gasteiger partial charge in [-0.1, -0.05) is 12.1 Å². The van der Waals surface area contributed by atoms with Gasteiger partial charge in [-0.05, 0) is 69.2 Å². The fraction of sp³-hybridized carbons (Fsp3) is 0.391. The number of Topliss-reactive ketones (excluding diaryl/α,β-unsaturated/α-hetero) is 1. The minimum atomic E-state index is 0.145. The SMILES string of the molecule is COc1c(Nc2cc(C)[nH]n2)nc(Sc2ccc(CC(C)=O)cc2)nc1NC1CCNCC1. The lowest BCUT2D eigenvalue weighted by Gasteiger charge is -2.25. The van der Waals surface area contributed by atoms with Crippen LogP contribution in [0, 0.1) is 6.92 Å². The maximum Gasteiger partial charge on any atom is 0.204 e. The molecule has 10 heteroatoms. The number of carbonyl (C=O) groups is 1. The van der Waals surface area contributed by atoms with Crippen molar-refractivity contribution in [2.24, 2.45) is 0 Å². The summed E-state index contributed by atoms with van der Waals surface area (Å²) in [4.78, 5) is 21.9. The highest BCUT2D eigenvalue weighted by molar-refractivity contribution is 7.99. The van der Waals surface area contributed by atoms with E-state index in [2.05, 4.69) is 26.1 Å². The van der Waals surface area contributed by atoms with Crippen LogP contribution in [0.1, 0.15) is 31.0 Å². The van der Waals surface area contributed by atoms with Gasteiger partial charge in [0.05, 0.1) is 7.11 Å². The highest BCUT2D eigenvalue weighted by Gasteiger charge is 2.21. The summed E-state index contributed by atoms with van der Waals surface area (Å²) in [7, 11) is 1.62. The number of aryl methyl sites for hydroxylation is 1. The molecule has 0 atom stereocenters. The molecule has 0 spiro atoms. The number of methoxy groups -OCH3 is 1. The molecule has 174 valence electrons. The van der Waals surface area contributed by atoms with Crippen LogP contribution >= 0.6 is 11.8 Å². The Morgan fingerprint density at radius 2 is 1.91 bits per heavy atom. The highest BCUT2D eigenvalue weighted by Crippen LogP contribution is 2.37. The first-order valence-corrected chi connectivity index (χ1v) is 11.8. The average molecular weight is 468 g/mol. The van der Waals surface area contributed by atoms with Crippen molar-refractivity contribution in [2.45, 2.75) is 49.2 Å². The van der Waals surface area contributed by atoms with Gasteiger partial charge >= 0.3 is 0 Å². The predicted molar refractivity (Wildman–Crippen MR) is 130 cm³/mol. The van der Waals surface area contributed by atoms with E-state index in [-0.39, 0.29) is 5.78 Å². The molecule has 0 unspecified atom stereocenters. The standard InChI is InChI=1S/C23H29N7O2S/c1-14-12-19(30-29-14)26-22-20(32-3)21(25-17-8-10-24-11-9-17)27-23(28-22)33-18-6-4-16(5-7-18)13-15(2)31/h4-7,12,17,24H,8-11,13H2,1-3H3,(H3,25,26,27,28,29,30). The Morgan fingerprint density at radius 3 is 2.55 bits per heavy atom. The topological polar surface area (TPSA) is 117 Å². The molecule has 4 rings (SSSR count). The molecule has 33 heavy (non-hydrogen) atoms. The normalized spacial score (nSPS) is 14.2. The minimum absolute atomic E-state index is 0.145. The van der Waals surface area contributed by atoms with E-state index in [0.717, 1.165) is 42.1 Å². The van der Waals surface area contributed by atoms with E-state index in [9.17, 15) is 4.79 Å². The zero-order chi connectivity index (χ0) is 23.2. The number of nitrogens with one attached hydrogen (secondary N) is 4. The lowest BCUT2D eigenvalue weighted by molar-refractivity contribution is -0.116. The highest BCUT2D eigenvalue weighted by atomic mass is 32.2. The number of aromatic amines is 1. The van der Waals surface area contributed by atoms with Gasteiger partial charge in [0, 0.05) is 29.1 Å². The molecule has 0 amide bonds. The Labute approximate surface area is 197 Å². The van der Waals surface area contributed by atoms with Crippen molar-refractivity contribution >= 4 is 35.0 Å². The lowest BCUT2D eigenvalue weighted by Crippen LogP contribution is -2.35. The molecular weight excluding hydrogens is 438 g/mol. The van der Waals surface area contributed by atoms with Gasteiger partial charge in [0.25, 0.3) is 0 Å². The molecule has 1 aliphatic rings. The van der Waals surface area contributed by atoms with Crippen molar-refractivity contribution in [1.29, 1.82) is 0 Å². The molecule has 0 bridgehead atoms. The van der Waals surface area contributed by atoms with Crippen molar-refractivity contribution in [3.05, 3.63) is 41.6 Å². The number of hydrogen-bond donors (Lipinski definition) is 4. The first-order valence-electron chi connectivity index (χ1n) is 11.0. The average Bonchev–Trinajstić information content (AvgIpc) is 3.20. The molecule has 0 radical (unpaired) electrons. The van der Waals surface area contributed by atoms with Gasteiger partial charge in [-0.25, -0.2) is 9.97 Å². The van der Waals surface area contributed by atoms with Gasteiger partial charge in [0.15, 0.2) is 22.6 Å². The van der Waals surface area contributed by atoms with Crippen molar-refractivity contribution in [3.63, 3.8) is 0 Å². The Kier molecular flexibility index (Phi) is 7.46. The molecule has 0 saturated carbocycles. The van der Waals surface area contributed by atoms with Crippen LogP contribution in [0.3, 0.4) is 0 Å². The molecule has 4 N–H and O–H groups in total. The largest absolute Gasteiger partial charge is 0.490 e. The Hall–Kier alpha value is -3.11. The van der Waals surface area contributed by atoms with Gasteiger partial charge in [0.2, 0.25) is 5.75 Å². The molecule has 3 heterocycles. The monoisotopic (exact) mass is 467 g/mol. The third-order valence-electron chi connectivity index (χ3n) is 5.27. The zero-order valence-electron chi connectivity index (χ0n) is 19.1. The summed E-state index contributed by atoms with van der Waals surface area (Å²) < 4.78 is 5.71. The van der Waals surface area contributed by atoms with Gasteiger partial charge in [0.1, 0.15) is 5.78 Å². The van der Waals surface area contributed by atoms with E-state index >= 15 is 0 Å². The molecule has 3 aromatic rings. The van der Waals surface area contributed by atoms with Crippen LogP contribution in [-0.4, -0.2) is 52.2 Å². The second kappa shape index (κ2) is 10.7. The summed E-state index contributed by atoms with van der Waals surface area (Å²) in [6.45, 7) is 5.48. The second-order valence-corrected chi connectivity index (χ2v) is 9.13. The number of nitrogens with zero attached hydrogens (tertiary/aromatic N) is 3. The molecular formula is C23H29N7O2S. The Balaban J connectivity index is 1.63. The van der Waals surface area contributed by atoms with Crippen molar-refractivity contribution in [2.75, 3.05) is 30.8 Å². The Bertz CT molecular complexity index is 1090. The number of benzene rings is 1. The van der Waals surface area contributed by atoms with E-state index in [1.807, 2.05) is 37.3 Å². The molecule has 2 aromatic heterocycles. The number of carbonyl (C=O) groups excluding carboxylic acids is 1. The van der Waals surface area contributed by atoms with Crippen LogP contribution in [0.15, 0.2) is 40.4 Å². The molecule has 1 aromatic carbocycles. The van der Waals surface area contributed by atoms with Crippen LogP contribution in [0.4, 0.5) is 17.5 Å². The summed E-state index contributed by atoms with van der Waals surface area (Å²) >= 11 is 1.46. The second-order valence-electron chi connectivity index (χ2n) is 8.09. The third kappa shape index (κ3) is 6.23. The van der Waals surface area contributed by atoms with Gasteiger partial charge in [-0.2, -0.15) is 5.10 Å². The summed E-state index contributed by atoms with van der Waals surface area (Å²) in [5, 5.41) is 18.0. The van der Waals surface area contributed by atoms with E-state index in [1.54, 1.807) is 14.0 Å². The van der Waals surface area contributed by atoms with Crippen molar-refractivity contribution in [1.82, 2.24) is 25.5 Å². The predicted octanol–water partition coefficient (Wildman–Crippen LogP) is 3.71. The molecule has 1 fully saturated rings. The lowest BCUT2D eigenvalue weighted by atomic mass is 10.1. The first kappa shape index (κ1) is 23.1. The van der Waals surface area contributed by atoms with Gasteiger partial charge in [-0.3, -0.25) is 9.89 Å². The molecule has 9 nitrogen and oxygen atoms in total. The van der Waals surface area contributed by atoms with Gasteiger partial charge in [-0.15, -0.1) is 0 Å².